The molecular weight excluding hydrogens is 792 g/mol. The summed E-state index contributed by atoms with van der Waals surface area (Å²) >= 11 is 0. The van der Waals surface area contributed by atoms with Gasteiger partial charge in [-0.05, 0) is 77.1 Å². The second kappa shape index (κ2) is 20.0. The van der Waals surface area contributed by atoms with Crippen molar-refractivity contribution in [1.82, 2.24) is 19.9 Å². The predicted molar refractivity (Wildman–Crippen MR) is 206 cm³/mol. The third-order valence-corrected chi connectivity index (χ3v) is 10.2. The van der Waals surface area contributed by atoms with Crippen molar-refractivity contribution in [1.29, 1.82) is 0 Å². The molecule has 0 saturated carbocycles. The Labute approximate surface area is 340 Å². The maximum absolute atomic E-state index is 12.3. The minimum Gasteiger partial charge on any atom is -0.481 e. The van der Waals surface area contributed by atoms with Crippen molar-refractivity contribution in [3.8, 4) is 0 Å². The Kier molecular flexibility index (Phi) is 15.2. The normalized spacial score (nSPS) is 11.2. The Bertz CT molecular complexity index is 2320. The largest absolute Gasteiger partial charge is 0.481 e. The van der Waals surface area contributed by atoms with Crippen LogP contribution in [0.2, 0.25) is 0 Å². The Balaban J connectivity index is 1.93. The molecule has 0 spiro atoms. The number of carboxylic acid groups (broad SMARTS) is 8. The number of carboxylic acids is 8. The lowest BCUT2D eigenvalue weighted by Gasteiger charge is -2.09. The van der Waals surface area contributed by atoms with E-state index in [9.17, 15) is 79.2 Å². The number of rotatable bonds is 26. The lowest BCUT2D eigenvalue weighted by Crippen LogP contribution is -2.09. The Morgan fingerprint density at radius 1 is 0.383 bits per heavy atom. The molecule has 4 rings (SSSR count). The van der Waals surface area contributed by atoms with E-state index in [1.54, 1.807) is 6.92 Å². The maximum atomic E-state index is 12.3. The van der Waals surface area contributed by atoms with Crippen LogP contribution in [0.1, 0.15) is 110 Å². The SMILES string of the molecule is Cc1[nH]c(Cc2[nH]c(Cc3[nH]c(Cc4[nH]cc(CCC(=O)O)c4CC(=O)O)c(CCC(=O)O)c3CC(=O)O)c(CCC(=O)O)c2CC(=O)O)c(CCC(=O)O)c1CC(=O)O. The van der Waals surface area contributed by atoms with Crippen molar-refractivity contribution in [3.63, 3.8) is 0 Å². The van der Waals surface area contributed by atoms with Gasteiger partial charge in [-0.15, -0.1) is 0 Å². The van der Waals surface area contributed by atoms with Gasteiger partial charge in [-0.1, -0.05) is 0 Å². The lowest BCUT2D eigenvalue weighted by atomic mass is 9.94. The minimum atomic E-state index is -1.28. The number of aromatic nitrogens is 4. The van der Waals surface area contributed by atoms with Crippen molar-refractivity contribution >= 4 is 47.8 Å². The Hall–Kier alpha value is -7.12. The van der Waals surface area contributed by atoms with Gasteiger partial charge in [0, 0.05) is 91.0 Å². The molecule has 0 radical (unpaired) electrons. The molecule has 12 N–H and O–H groups in total. The van der Waals surface area contributed by atoms with Crippen LogP contribution in [0, 0.1) is 6.92 Å². The average molecular weight is 839 g/mol. The van der Waals surface area contributed by atoms with Gasteiger partial charge in [-0.25, -0.2) is 0 Å². The lowest BCUT2D eigenvalue weighted by molar-refractivity contribution is -0.138. The summed E-state index contributed by atoms with van der Waals surface area (Å²) in [6, 6.07) is 0. The first-order valence-corrected chi connectivity index (χ1v) is 18.8. The zero-order chi connectivity index (χ0) is 44.4. The molecule has 0 atom stereocenters. The zero-order valence-electron chi connectivity index (χ0n) is 32.5. The van der Waals surface area contributed by atoms with E-state index < -0.39 is 86.3 Å². The van der Waals surface area contributed by atoms with Crippen LogP contribution in [-0.2, 0) is 109 Å². The molecule has 0 saturated heterocycles. The Morgan fingerprint density at radius 3 is 1.10 bits per heavy atom. The number of nitrogens with one attached hydrogen (secondary N) is 4. The molecular formula is C40H46N4O16. The molecule has 0 aliphatic carbocycles. The van der Waals surface area contributed by atoms with Crippen LogP contribution in [-0.4, -0.2) is 109 Å². The summed E-state index contributed by atoms with van der Waals surface area (Å²) in [5, 5.41) is 77.3. The van der Waals surface area contributed by atoms with Gasteiger partial charge in [0.05, 0.1) is 25.7 Å². The van der Waals surface area contributed by atoms with E-state index in [1.807, 2.05) is 0 Å². The number of carbonyl (C=O) groups is 8. The number of hydrogen-bond donors (Lipinski definition) is 12. The number of H-pyrrole nitrogens is 4. The fourth-order valence-corrected chi connectivity index (χ4v) is 7.72. The fraction of sp³-hybridized carbons (Fsp3) is 0.400. The Morgan fingerprint density at radius 2 is 0.700 bits per heavy atom. The van der Waals surface area contributed by atoms with E-state index in [0.29, 0.717) is 67.5 Å². The van der Waals surface area contributed by atoms with Gasteiger partial charge in [-0.2, -0.15) is 0 Å². The molecule has 4 aromatic rings. The summed E-state index contributed by atoms with van der Waals surface area (Å²) < 4.78 is 0. The third-order valence-electron chi connectivity index (χ3n) is 10.2. The highest BCUT2D eigenvalue weighted by molar-refractivity contribution is 5.75. The van der Waals surface area contributed by atoms with E-state index in [1.165, 1.54) is 6.20 Å². The number of hydrogen-bond acceptors (Lipinski definition) is 8. The van der Waals surface area contributed by atoms with Gasteiger partial charge in [-0.3, -0.25) is 38.4 Å². The second-order valence-corrected chi connectivity index (χ2v) is 14.4. The molecule has 0 unspecified atom stereocenters. The zero-order valence-corrected chi connectivity index (χ0v) is 32.5. The summed E-state index contributed by atoms with van der Waals surface area (Å²) in [7, 11) is 0. The first-order valence-electron chi connectivity index (χ1n) is 18.8. The van der Waals surface area contributed by atoms with Crippen molar-refractivity contribution in [2.75, 3.05) is 0 Å². The number of aromatic amines is 4. The molecule has 0 fully saturated rings. The molecule has 322 valence electrons. The van der Waals surface area contributed by atoms with Gasteiger partial charge in [0.15, 0.2) is 0 Å². The standard InChI is InChI=1S/C40H46N4O16/c1-18-23(10-37(53)54)20(3-7-34(47)48)28(42-18)15-31-26(13-40(59)60)22(5-9-36(51)52)30(44-31)16-32-25(12-39(57)58)21(4-8-35(49)50)29(43-32)14-27-24(11-38(55)56)19(17-41-27)2-6-33(45)46/h17,41-44H,2-16H2,1H3,(H,45,46)(H,47,48)(H,49,50)(H,51,52)(H,53,54)(H,55,56)(H,57,58)(H,59,60). The van der Waals surface area contributed by atoms with Crippen LogP contribution in [0.5, 0.6) is 0 Å². The quantitative estimate of drug-likeness (QED) is 0.0432. The van der Waals surface area contributed by atoms with Crippen molar-refractivity contribution in [2.45, 2.75) is 103 Å². The molecule has 4 aromatic heterocycles. The summed E-state index contributed by atoms with van der Waals surface area (Å²) in [5.41, 5.74) is 4.98. The van der Waals surface area contributed by atoms with Gasteiger partial charge < -0.3 is 60.8 Å². The molecule has 20 heteroatoms. The molecule has 0 amide bonds. The van der Waals surface area contributed by atoms with Crippen LogP contribution in [0.25, 0.3) is 0 Å². The van der Waals surface area contributed by atoms with E-state index in [4.69, 9.17) is 0 Å². The van der Waals surface area contributed by atoms with E-state index in [-0.39, 0.29) is 74.6 Å². The summed E-state index contributed by atoms with van der Waals surface area (Å²) in [4.78, 5) is 107. The highest BCUT2D eigenvalue weighted by Gasteiger charge is 2.28. The summed E-state index contributed by atoms with van der Waals surface area (Å²) in [5.74, 6) is -9.54. The molecule has 0 bridgehead atoms. The molecule has 20 nitrogen and oxygen atoms in total. The van der Waals surface area contributed by atoms with Crippen LogP contribution >= 0.6 is 0 Å². The van der Waals surface area contributed by atoms with Gasteiger partial charge in [0.2, 0.25) is 0 Å². The molecule has 0 aromatic carbocycles. The predicted octanol–water partition coefficient (Wildman–Crippen LogP) is 2.66. The smallest absolute Gasteiger partial charge is 0.307 e. The van der Waals surface area contributed by atoms with Crippen molar-refractivity contribution in [2.24, 2.45) is 0 Å². The highest BCUT2D eigenvalue weighted by Crippen LogP contribution is 2.33. The van der Waals surface area contributed by atoms with E-state index in [2.05, 4.69) is 19.9 Å². The number of aryl methyl sites for hydroxylation is 2. The third kappa shape index (κ3) is 12.2. The van der Waals surface area contributed by atoms with Crippen molar-refractivity contribution in [3.05, 3.63) is 90.6 Å². The summed E-state index contributed by atoms with van der Waals surface area (Å²) in [6.07, 6.45) is -2.76. The average Bonchev–Trinajstić information content (AvgIpc) is 3.83. The molecule has 0 aliphatic rings. The monoisotopic (exact) mass is 838 g/mol. The highest BCUT2D eigenvalue weighted by atomic mass is 16.4. The van der Waals surface area contributed by atoms with Gasteiger partial charge >= 0.3 is 47.8 Å². The molecule has 60 heavy (non-hydrogen) atoms. The maximum Gasteiger partial charge on any atom is 0.307 e. The molecule has 4 heterocycles. The van der Waals surface area contributed by atoms with Crippen LogP contribution in [0.3, 0.4) is 0 Å². The van der Waals surface area contributed by atoms with Crippen LogP contribution < -0.4 is 0 Å². The molecule has 0 aliphatic heterocycles. The number of aliphatic carboxylic acids is 8. The van der Waals surface area contributed by atoms with E-state index in [0.717, 1.165) is 0 Å². The topological polar surface area (TPSA) is 362 Å². The van der Waals surface area contributed by atoms with Crippen LogP contribution in [0.4, 0.5) is 0 Å². The van der Waals surface area contributed by atoms with E-state index >= 15 is 0 Å². The van der Waals surface area contributed by atoms with Crippen molar-refractivity contribution < 1.29 is 79.2 Å². The fourth-order valence-electron chi connectivity index (χ4n) is 7.72. The van der Waals surface area contributed by atoms with Gasteiger partial charge in [0.1, 0.15) is 0 Å². The first-order chi connectivity index (χ1) is 28.2. The second-order valence-electron chi connectivity index (χ2n) is 14.4. The van der Waals surface area contributed by atoms with Gasteiger partial charge in [0.25, 0.3) is 0 Å². The minimum absolute atomic E-state index is 0.0114. The first kappa shape index (κ1) is 45.6. The summed E-state index contributed by atoms with van der Waals surface area (Å²) in [6.45, 7) is 1.62. The van der Waals surface area contributed by atoms with Crippen LogP contribution in [0.15, 0.2) is 6.20 Å².